The molecule has 7 N–H and O–H groups in total. The molecular weight excluding hydrogens is 763 g/mol. The van der Waals surface area contributed by atoms with Crippen molar-refractivity contribution >= 4 is 17.6 Å². The summed E-state index contributed by atoms with van der Waals surface area (Å²) in [6, 6.07) is 1.21. The van der Waals surface area contributed by atoms with Crippen LogP contribution in [0.15, 0.2) is 0 Å². The van der Waals surface area contributed by atoms with Crippen molar-refractivity contribution in [3.8, 4) is 0 Å². The van der Waals surface area contributed by atoms with Gasteiger partial charge in [-0.05, 0) is 25.2 Å². The molecule has 0 heterocycles. The van der Waals surface area contributed by atoms with Gasteiger partial charge in [0.1, 0.15) is 0 Å². The van der Waals surface area contributed by atoms with E-state index in [1.54, 1.807) is 42.7 Å². The van der Waals surface area contributed by atoms with E-state index >= 15 is 0 Å². The Kier molecular flexibility index (Phi) is 36.4. The van der Waals surface area contributed by atoms with Crippen LogP contribution in [-0.2, 0) is 40.8 Å². The predicted molar refractivity (Wildman–Crippen MR) is 224 cm³/mol. The van der Waals surface area contributed by atoms with Crippen molar-refractivity contribution in [3.05, 3.63) is 0 Å². The number of nitrogens with two attached hydrogens (primary N) is 1. The first-order valence-corrected chi connectivity index (χ1v) is 24.6. The molecule has 0 aliphatic carbocycles. The molecule has 0 bridgehead atoms. The van der Waals surface area contributed by atoms with Gasteiger partial charge >= 0.3 is 17.6 Å². The fourth-order valence-electron chi connectivity index (χ4n) is 6.27. The van der Waals surface area contributed by atoms with E-state index in [0.29, 0.717) is 103 Å². The molecule has 4 unspecified atom stereocenters. The van der Waals surface area contributed by atoms with Gasteiger partial charge in [-0.25, -0.2) is 0 Å². The third kappa shape index (κ3) is 27.5. The van der Waals surface area contributed by atoms with Crippen molar-refractivity contribution in [3.63, 3.8) is 0 Å². The quantitative estimate of drug-likeness (QED) is 0.0368. The maximum Gasteiger partial charge on any atom is 0.500 e. The Morgan fingerprint density at radius 1 is 0.554 bits per heavy atom. The molecule has 0 amide bonds. The van der Waals surface area contributed by atoms with E-state index in [2.05, 4.69) is 29.4 Å². The Morgan fingerprint density at radius 2 is 0.964 bits per heavy atom. The molecule has 0 spiro atoms. The molecule has 17 nitrogen and oxygen atoms in total. The Bertz CT molecular complexity index is 807. The minimum absolute atomic E-state index is 0.152. The molecule has 4 atom stereocenters. The van der Waals surface area contributed by atoms with Crippen LogP contribution in [0.25, 0.3) is 0 Å². The van der Waals surface area contributed by atoms with E-state index in [1.807, 2.05) is 4.90 Å². The zero-order valence-electron chi connectivity index (χ0n) is 36.5. The number of nitrogens with one attached hydrogen (secondary N) is 2. The van der Waals surface area contributed by atoms with E-state index in [9.17, 15) is 15.3 Å². The number of rotatable bonds is 43. The highest BCUT2D eigenvalue weighted by Gasteiger charge is 2.37. The summed E-state index contributed by atoms with van der Waals surface area (Å²) in [5, 5.41) is 39.5. The average molecular weight is 848 g/mol. The topological polar surface area (TPSA) is 200 Å². The number of aliphatic hydroxyl groups is 3. The Hall–Kier alpha value is -0.246. The van der Waals surface area contributed by atoms with Crippen molar-refractivity contribution in [1.82, 2.24) is 20.4 Å². The van der Waals surface area contributed by atoms with Crippen LogP contribution in [0.3, 0.4) is 0 Å². The summed E-state index contributed by atoms with van der Waals surface area (Å²) in [6.45, 7) is 13.2. The Morgan fingerprint density at radius 3 is 1.38 bits per heavy atom. The van der Waals surface area contributed by atoms with Crippen LogP contribution < -0.4 is 16.4 Å². The zero-order chi connectivity index (χ0) is 41.9. The van der Waals surface area contributed by atoms with E-state index in [1.165, 1.54) is 12.8 Å². The zero-order valence-corrected chi connectivity index (χ0v) is 38.5. The second-order valence-electron chi connectivity index (χ2n) is 14.2. The normalized spacial score (nSPS) is 14.9. The summed E-state index contributed by atoms with van der Waals surface area (Å²) in [4.78, 5) is 4.25. The summed E-state index contributed by atoms with van der Waals surface area (Å²) < 4.78 is 50.3. The highest BCUT2D eigenvalue weighted by Crippen LogP contribution is 2.16. The molecule has 0 saturated carbocycles. The van der Waals surface area contributed by atoms with Gasteiger partial charge in [0.2, 0.25) is 0 Å². The molecule has 0 fully saturated rings. The van der Waals surface area contributed by atoms with Gasteiger partial charge in [0.25, 0.3) is 0 Å². The lowest BCUT2D eigenvalue weighted by Crippen LogP contribution is -2.45. The smallest absolute Gasteiger partial charge is 0.389 e. The molecule has 19 heteroatoms. The fraction of sp³-hybridized carbons (Fsp3) is 1.00. The third-order valence-corrected chi connectivity index (χ3v) is 15.4. The van der Waals surface area contributed by atoms with Gasteiger partial charge in [0, 0.05) is 147 Å². The summed E-state index contributed by atoms with van der Waals surface area (Å²) >= 11 is 0. The lowest BCUT2D eigenvalue weighted by molar-refractivity contribution is -0.0104. The average Bonchev–Trinajstić information content (AvgIpc) is 3.20. The number of unbranched alkanes of at least 4 members (excludes halogenated alkanes) is 1. The van der Waals surface area contributed by atoms with Crippen molar-refractivity contribution in [2.75, 3.05) is 154 Å². The molecule has 0 aromatic rings. The highest BCUT2D eigenvalue weighted by molar-refractivity contribution is 6.60. The Labute approximate surface area is 342 Å². The van der Waals surface area contributed by atoms with Crippen molar-refractivity contribution in [2.45, 2.75) is 82.8 Å². The predicted octanol–water partition coefficient (Wildman–Crippen LogP) is 0.614. The number of ether oxygens (including phenoxy) is 3. The first-order valence-electron chi connectivity index (χ1n) is 20.7. The van der Waals surface area contributed by atoms with Crippen molar-refractivity contribution in [2.24, 2.45) is 11.7 Å². The summed E-state index contributed by atoms with van der Waals surface area (Å²) in [5.41, 5.74) is 5.66. The summed E-state index contributed by atoms with van der Waals surface area (Å²) in [7, 11) is 4.15. The monoisotopic (exact) mass is 848 g/mol. The number of nitrogens with zero attached hydrogens (tertiary/aromatic N) is 2. The molecule has 56 heavy (non-hydrogen) atoms. The minimum Gasteiger partial charge on any atom is -0.389 e. The number of hydrogen-bond donors (Lipinski definition) is 6. The lowest BCUT2D eigenvalue weighted by Gasteiger charge is -2.28. The van der Waals surface area contributed by atoms with Crippen LogP contribution >= 0.6 is 0 Å². The molecule has 0 aliphatic rings. The van der Waals surface area contributed by atoms with Crippen LogP contribution in [0.5, 0.6) is 0 Å². The molecule has 0 aromatic heterocycles. The largest absolute Gasteiger partial charge is 0.500 e. The number of hydrogen-bond acceptors (Lipinski definition) is 17. The van der Waals surface area contributed by atoms with Crippen molar-refractivity contribution < 1.29 is 56.1 Å². The first kappa shape index (κ1) is 55.8. The highest BCUT2D eigenvalue weighted by atomic mass is 28.4. The second-order valence-corrected chi connectivity index (χ2v) is 20.4. The van der Waals surface area contributed by atoms with Crippen LogP contribution in [0, 0.1) is 5.92 Å². The molecule has 0 aliphatic heterocycles. The molecule has 0 saturated heterocycles. The van der Waals surface area contributed by atoms with Gasteiger partial charge in [-0.15, -0.1) is 0 Å². The van der Waals surface area contributed by atoms with E-state index in [0.717, 1.165) is 39.0 Å². The maximum atomic E-state index is 10.9. The van der Waals surface area contributed by atoms with Gasteiger partial charge in [-0.2, -0.15) is 0 Å². The number of aliphatic hydroxyl groups excluding tert-OH is 3. The molecule has 0 aromatic carbocycles. The maximum absolute atomic E-state index is 10.9. The van der Waals surface area contributed by atoms with E-state index in [4.69, 9.17) is 46.5 Å². The SMILES string of the molecule is CCCCC(CC)COCC(O)CN(CCNCCN)CCNCCN(CC(O)COCCC[Si](OC)(OC)OC)CC(O)COCCC[Si](OC)(OC)OC. The lowest BCUT2D eigenvalue weighted by atomic mass is 10.0. The Balaban J connectivity index is 5.10. The van der Waals surface area contributed by atoms with E-state index in [-0.39, 0.29) is 13.2 Å². The van der Waals surface area contributed by atoms with Crippen LogP contribution in [0.1, 0.15) is 52.4 Å². The van der Waals surface area contributed by atoms with Crippen molar-refractivity contribution in [1.29, 1.82) is 0 Å². The van der Waals surface area contributed by atoms with Gasteiger partial charge in [0.05, 0.1) is 38.1 Å². The minimum atomic E-state index is -2.68. The molecule has 0 radical (unpaired) electrons. The van der Waals surface area contributed by atoms with Crippen LogP contribution in [-0.4, -0.2) is 215 Å². The van der Waals surface area contributed by atoms with Gasteiger partial charge < -0.3 is 72.5 Å². The van der Waals surface area contributed by atoms with Crippen LogP contribution in [0.2, 0.25) is 12.1 Å². The van der Waals surface area contributed by atoms with E-state index < -0.39 is 35.9 Å². The van der Waals surface area contributed by atoms with Gasteiger partial charge in [-0.1, -0.05) is 33.1 Å². The van der Waals surface area contributed by atoms with Gasteiger partial charge in [0.15, 0.2) is 0 Å². The standard InChI is InChI=1S/C37H85N5O12Si2/c1-9-11-14-34(10-2)30-54-33-35(43)27-41(20-17-39-16-15-38)21-18-40-19-22-42(28-36(44)31-52-23-12-25-55(46-3,47-4)48-5)29-37(45)32-53-24-13-26-56(49-6,50-7)51-8/h34-37,39-40,43-45H,9-33,38H2,1-8H3. The molecular formula is C37H85N5O12Si2. The second kappa shape index (κ2) is 36.6. The molecule has 338 valence electrons. The van der Waals surface area contributed by atoms with Gasteiger partial charge in [-0.3, -0.25) is 9.80 Å². The summed E-state index contributed by atoms with van der Waals surface area (Å²) in [5.74, 6) is 0.533. The summed E-state index contributed by atoms with van der Waals surface area (Å²) in [6.07, 6.45) is 3.87. The fourth-order valence-corrected chi connectivity index (χ4v) is 9.65. The molecule has 0 rings (SSSR count). The first-order chi connectivity index (χ1) is 27.0. The van der Waals surface area contributed by atoms with Crippen LogP contribution in [0.4, 0.5) is 0 Å². The third-order valence-electron chi connectivity index (χ3n) is 9.78.